The molecule has 0 aliphatic rings. The van der Waals surface area contributed by atoms with Crippen LogP contribution in [0.1, 0.15) is 11.4 Å². The lowest BCUT2D eigenvalue weighted by molar-refractivity contribution is 1.25. The van der Waals surface area contributed by atoms with E-state index < -0.39 is 0 Å². The van der Waals surface area contributed by atoms with Crippen molar-refractivity contribution in [3.05, 3.63) is 121 Å². The SMILES string of the molecule is N#Cc1cc(-c2cccc(-c3ccc(-c4cccc(-c5ccnc(C#N)c5)n4)c4ccccc34)n2)ccn1. The first kappa shape index (κ1) is 22.7. The van der Waals surface area contributed by atoms with Crippen LogP contribution in [-0.2, 0) is 0 Å². The van der Waals surface area contributed by atoms with Crippen LogP contribution < -0.4 is 0 Å². The highest BCUT2D eigenvalue weighted by atomic mass is 14.7. The van der Waals surface area contributed by atoms with Crippen LogP contribution in [-0.4, -0.2) is 19.9 Å². The number of hydrogen-bond donors (Lipinski definition) is 0. The molecule has 0 fully saturated rings. The lowest BCUT2D eigenvalue weighted by Gasteiger charge is -2.13. The van der Waals surface area contributed by atoms with Crippen molar-refractivity contribution in [2.24, 2.45) is 0 Å². The van der Waals surface area contributed by atoms with Gasteiger partial charge in [-0.05, 0) is 59.3 Å². The van der Waals surface area contributed by atoms with Crippen LogP contribution in [0.3, 0.4) is 0 Å². The van der Waals surface area contributed by atoms with Gasteiger partial charge in [0, 0.05) is 34.6 Å². The molecular weight excluding hydrogens is 468 g/mol. The topological polar surface area (TPSA) is 99.1 Å². The third-order valence-corrected chi connectivity index (χ3v) is 6.31. The maximum absolute atomic E-state index is 9.23. The third-order valence-electron chi connectivity index (χ3n) is 6.31. The van der Waals surface area contributed by atoms with E-state index in [4.69, 9.17) is 9.97 Å². The molecule has 2 aromatic carbocycles. The molecule has 0 bridgehead atoms. The number of rotatable bonds is 4. The molecule has 4 aromatic heterocycles. The Balaban J connectivity index is 1.46. The lowest BCUT2D eigenvalue weighted by Crippen LogP contribution is -1.93. The molecule has 0 aliphatic heterocycles. The van der Waals surface area contributed by atoms with Crippen LogP contribution >= 0.6 is 0 Å². The van der Waals surface area contributed by atoms with Crippen molar-refractivity contribution in [1.29, 1.82) is 10.5 Å². The van der Waals surface area contributed by atoms with Gasteiger partial charge in [0.2, 0.25) is 0 Å². The van der Waals surface area contributed by atoms with Crippen molar-refractivity contribution >= 4 is 10.8 Å². The van der Waals surface area contributed by atoms with Gasteiger partial charge in [-0.1, -0.05) is 48.5 Å². The molecule has 4 heterocycles. The molecule has 0 saturated heterocycles. The molecule has 6 rings (SSSR count). The van der Waals surface area contributed by atoms with E-state index in [1.54, 1.807) is 24.5 Å². The van der Waals surface area contributed by atoms with Gasteiger partial charge < -0.3 is 0 Å². The van der Waals surface area contributed by atoms with Gasteiger partial charge in [0.15, 0.2) is 0 Å². The number of aromatic nitrogens is 4. The first-order chi connectivity index (χ1) is 18.7. The molecule has 38 heavy (non-hydrogen) atoms. The fourth-order valence-electron chi connectivity index (χ4n) is 4.54. The van der Waals surface area contributed by atoms with E-state index in [1.165, 1.54) is 0 Å². The molecular formula is C32H18N6. The van der Waals surface area contributed by atoms with Gasteiger partial charge in [-0.3, -0.25) is 0 Å². The summed E-state index contributed by atoms with van der Waals surface area (Å²) in [6, 6.07) is 35.5. The highest BCUT2D eigenvalue weighted by molar-refractivity contribution is 6.04. The second kappa shape index (κ2) is 9.73. The minimum Gasteiger partial charge on any atom is -0.248 e. The zero-order valence-corrected chi connectivity index (χ0v) is 20.1. The Kier molecular flexibility index (Phi) is 5.82. The van der Waals surface area contributed by atoms with Gasteiger partial charge in [-0.25, -0.2) is 19.9 Å². The maximum Gasteiger partial charge on any atom is 0.141 e. The molecule has 0 atom stereocenters. The second-order valence-corrected chi connectivity index (χ2v) is 8.61. The number of benzene rings is 2. The average Bonchev–Trinajstić information content (AvgIpc) is 3.00. The molecule has 0 saturated carbocycles. The fraction of sp³-hybridized carbons (Fsp3) is 0. The monoisotopic (exact) mass is 486 g/mol. The molecule has 0 aliphatic carbocycles. The minimum absolute atomic E-state index is 0.356. The van der Waals surface area contributed by atoms with Crippen molar-refractivity contribution in [1.82, 2.24) is 19.9 Å². The molecule has 0 radical (unpaired) electrons. The molecule has 0 N–H and O–H groups in total. The number of pyridine rings is 4. The van der Waals surface area contributed by atoms with Crippen molar-refractivity contribution in [3.63, 3.8) is 0 Å². The normalized spacial score (nSPS) is 10.6. The summed E-state index contributed by atoms with van der Waals surface area (Å²) in [6.07, 6.45) is 3.25. The molecule has 0 amide bonds. The third kappa shape index (κ3) is 4.24. The summed E-state index contributed by atoms with van der Waals surface area (Å²) in [5.41, 5.74) is 7.63. The smallest absolute Gasteiger partial charge is 0.141 e. The summed E-state index contributed by atoms with van der Waals surface area (Å²) in [4.78, 5) is 18.0. The number of hydrogen-bond acceptors (Lipinski definition) is 6. The largest absolute Gasteiger partial charge is 0.248 e. The van der Waals surface area contributed by atoms with E-state index in [2.05, 4.69) is 46.4 Å². The average molecular weight is 487 g/mol. The Bertz CT molecular complexity index is 1770. The summed E-state index contributed by atoms with van der Waals surface area (Å²) in [6.45, 7) is 0. The van der Waals surface area contributed by atoms with Crippen LogP contribution in [0.4, 0.5) is 0 Å². The number of nitriles is 2. The highest BCUT2D eigenvalue weighted by Crippen LogP contribution is 2.35. The van der Waals surface area contributed by atoms with E-state index in [9.17, 15) is 10.5 Å². The maximum atomic E-state index is 9.23. The first-order valence-corrected chi connectivity index (χ1v) is 11.9. The molecule has 6 nitrogen and oxygen atoms in total. The summed E-state index contributed by atoms with van der Waals surface area (Å²) in [7, 11) is 0. The molecule has 0 unspecified atom stereocenters. The Hall–Kier alpha value is -5.72. The van der Waals surface area contributed by atoms with E-state index in [1.807, 2.05) is 60.7 Å². The van der Waals surface area contributed by atoms with Gasteiger partial charge in [-0.15, -0.1) is 0 Å². The van der Waals surface area contributed by atoms with Crippen molar-refractivity contribution < 1.29 is 0 Å². The zero-order chi connectivity index (χ0) is 25.9. The quantitative estimate of drug-likeness (QED) is 0.271. The fourth-order valence-corrected chi connectivity index (χ4v) is 4.54. The van der Waals surface area contributed by atoms with Gasteiger partial charge in [0.25, 0.3) is 0 Å². The minimum atomic E-state index is 0.356. The first-order valence-electron chi connectivity index (χ1n) is 11.9. The van der Waals surface area contributed by atoms with Crippen LogP contribution in [0.25, 0.3) is 55.8 Å². The Morgan fingerprint density at radius 1 is 0.474 bits per heavy atom. The van der Waals surface area contributed by atoms with Gasteiger partial charge in [0.1, 0.15) is 23.5 Å². The van der Waals surface area contributed by atoms with Crippen LogP contribution in [0, 0.1) is 22.7 Å². The highest BCUT2D eigenvalue weighted by Gasteiger charge is 2.13. The standard InChI is InChI=1S/C32H18N6/c33-19-23-17-21(13-15-35-23)29-7-3-9-31(37-29)27-11-12-28(26-6-2-1-5-25(26)27)32-10-4-8-30(38-32)22-14-16-36-24(18-22)20-34/h1-18H. The lowest BCUT2D eigenvalue weighted by atomic mass is 9.95. The van der Waals surface area contributed by atoms with Crippen molar-refractivity contribution in [2.75, 3.05) is 0 Å². The second-order valence-electron chi connectivity index (χ2n) is 8.61. The summed E-state index contributed by atoms with van der Waals surface area (Å²) < 4.78 is 0. The summed E-state index contributed by atoms with van der Waals surface area (Å²) in [5, 5.41) is 20.6. The van der Waals surface area contributed by atoms with E-state index >= 15 is 0 Å². The van der Waals surface area contributed by atoms with Crippen molar-refractivity contribution in [2.45, 2.75) is 0 Å². The van der Waals surface area contributed by atoms with Gasteiger partial charge in [-0.2, -0.15) is 10.5 Å². The van der Waals surface area contributed by atoms with Gasteiger partial charge >= 0.3 is 0 Å². The van der Waals surface area contributed by atoms with E-state index in [0.717, 1.165) is 55.8 Å². The molecule has 0 spiro atoms. The van der Waals surface area contributed by atoms with Crippen molar-refractivity contribution in [3.8, 4) is 57.2 Å². The summed E-state index contributed by atoms with van der Waals surface area (Å²) in [5.74, 6) is 0. The molecule has 6 aromatic rings. The Morgan fingerprint density at radius 2 is 0.921 bits per heavy atom. The summed E-state index contributed by atoms with van der Waals surface area (Å²) >= 11 is 0. The number of fused-ring (bicyclic) bond motifs is 1. The zero-order valence-electron chi connectivity index (χ0n) is 20.1. The van der Waals surface area contributed by atoms with E-state index in [0.29, 0.717) is 11.4 Å². The number of nitrogens with zero attached hydrogens (tertiary/aromatic N) is 6. The van der Waals surface area contributed by atoms with E-state index in [-0.39, 0.29) is 0 Å². The predicted octanol–water partition coefficient (Wildman–Crippen LogP) is 6.83. The predicted molar refractivity (Wildman–Crippen MR) is 146 cm³/mol. The van der Waals surface area contributed by atoms with Crippen LogP contribution in [0.5, 0.6) is 0 Å². The van der Waals surface area contributed by atoms with Crippen LogP contribution in [0.15, 0.2) is 109 Å². The molecule has 176 valence electrons. The molecule has 6 heteroatoms. The Morgan fingerprint density at radius 3 is 1.37 bits per heavy atom. The van der Waals surface area contributed by atoms with Gasteiger partial charge in [0.05, 0.1) is 22.8 Å². The van der Waals surface area contributed by atoms with Crippen LogP contribution in [0.2, 0.25) is 0 Å². The Labute approximate surface area is 219 Å².